The van der Waals surface area contributed by atoms with Crippen molar-refractivity contribution in [3.63, 3.8) is 0 Å². The molecular formula is C15H20N2O3S. The summed E-state index contributed by atoms with van der Waals surface area (Å²) in [4.78, 5) is 17.8. The van der Waals surface area contributed by atoms with E-state index in [1.165, 1.54) is 0 Å². The number of hydrogen-bond donors (Lipinski definition) is 0. The number of carbonyl (C=O) groups is 1. The van der Waals surface area contributed by atoms with Gasteiger partial charge in [0.15, 0.2) is 0 Å². The van der Waals surface area contributed by atoms with Gasteiger partial charge in [0.2, 0.25) is 5.91 Å². The first-order chi connectivity index (χ1) is 10.2. The molecule has 0 bridgehead atoms. The highest BCUT2D eigenvalue weighted by atomic mass is 32.2. The van der Waals surface area contributed by atoms with E-state index in [0.717, 1.165) is 18.8 Å². The fourth-order valence-electron chi connectivity index (χ4n) is 2.99. The Morgan fingerprint density at radius 1 is 1.62 bits per heavy atom. The second-order valence-electron chi connectivity index (χ2n) is 5.58. The van der Waals surface area contributed by atoms with Crippen LogP contribution >= 0.6 is 11.8 Å². The van der Waals surface area contributed by atoms with Crippen molar-refractivity contribution in [3.8, 4) is 5.75 Å². The molecule has 0 aliphatic carbocycles. The van der Waals surface area contributed by atoms with E-state index in [4.69, 9.17) is 9.47 Å². The second-order valence-corrected chi connectivity index (χ2v) is 6.45. The molecule has 2 fully saturated rings. The third-order valence-corrected chi connectivity index (χ3v) is 4.76. The first-order valence-electron chi connectivity index (χ1n) is 7.17. The van der Waals surface area contributed by atoms with E-state index in [1.54, 1.807) is 24.2 Å². The van der Waals surface area contributed by atoms with Crippen LogP contribution < -0.4 is 4.74 Å². The maximum absolute atomic E-state index is 11.9. The Morgan fingerprint density at radius 2 is 2.48 bits per heavy atom. The Balaban J connectivity index is 1.54. The minimum Gasteiger partial charge on any atom is -0.492 e. The van der Waals surface area contributed by atoms with Gasteiger partial charge in [-0.1, -0.05) is 0 Å². The molecule has 1 spiro atoms. The number of nitrogens with zero attached hydrogens (tertiary/aromatic N) is 2. The number of ether oxygens (including phenoxy) is 2. The molecule has 1 aromatic heterocycles. The predicted octanol–water partition coefficient (Wildman–Crippen LogP) is 1.44. The summed E-state index contributed by atoms with van der Waals surface area (Å²) in [7, 11) is 0. The van der Waals surface area contributed by atoms with Crippen LogP contribution in [0.2, 0.25) is 0 Å². The fraction of sp³-hybridized carbons (Fsp3) is 0.600. The fourth-order valence-corrected chi connectivity index (χ4v) is 3.42. The molecule has 3 rings (SSSR count). The van der Waals surface area contributed by atoms with Gasteiger partial charge in [-0.25, -0.2) is 0 Å². The van der Waals surface area contributed by atoms with E-state index in [2.05, 4.69) is 4.98 Å². The van der Waals surface area contributed by atoms with Crippen molar-refractivity contribution >= 4 is 17.7 Å². The van der Waals surface area contributed by atoms with Gasteiger partial charge < -0.3 is 14.4 Å². The van der Waals surface area contributed by atoms with Crippen LogP contribution in [-0.4, -0.2) is 59.7 Å². The molecule has 0 unspecified atom stereocenters. The van der Waals surface area contributed by atoms with E-state index < -0.39 is 0 Å². The van der Waals surface area contributed by atoms with Crippen molar-refractivity contribution in [3.05, 3.63) is 24.5 Å². The summed E-state index contributed by atoms with van der Waals surface area (Å²) in [6.07, 6.45) is 6.39. The lowest BCUT2D eigenvalue weighted by atomic mass is 9.81. The van der Waals surface area contributed by atoms with E-state index in [1.807, 2.05) is 23.3 Å². The monoisotopic (exact) mass is 308 g/mol. The molecule has 0 aromatic carbocycles. The number of thioether (sulfide) groups is 1. The molecule has 21 heavy (non-hydrogen) atoms. The van der Waals surface area contributed by atoms with Crippen LogP contribution in [0.15, 0.2) is 24.5 Å². The van der Waals surface area contributed by atoms with E-state index in [-0.39, 0.29) is 11.5 Å². The molecule has 0 saturated carbocycles. The highest BCUT2D eigenvalue weighted by molar-refractivity contribution is 7.99. The SMILES string of the molecule is CSCC(=O)N1CC2(C1)OCC[C@@H]2COc1cccnc1. The normalized spacial score (nSPS) is 23.1. The molecule has 2 aliphatic heterocycles. The van der Waals surface area contributed by atoms with Gasteiger partial charge in [-0.2, -0.15) is 11.8 Å². The number of hydrogen-bond acceptors (Lipinski definition) is 5. The van der Waals surface area contributed by atoms with Crippen LogP contribution in [0, 0.1) is 5.92 Å². The van der Waals surface area contributed by atoms with Crippen molar-refractivity contribution in [2.75, 3.05) is 38.3 Å². The number of pyridine rings is 1. The molecule has 1 amide bonds. The topological polar surface area (TPSA) is 51.7 Å². The van der Waals surface area contributed by atoms with Gasteiger partial charge in [-0.3, -0.25) is 9.78 Å². The summed E-state index contributed by atoms with van der Waals surface area (Å²) in [6.45, 7) is 2.78. The Kier molecular flexibility index (Phi) is 4.35. The third-order valence-electron chi connectivity index (χ3n) is 4.22. The van der Waals surface area contributed by atoms with Crippen molar-refractivity contribution in [1.29, 1.82) is 0 Å². The summed E-state index contributed by atoms with van der Waals surface area (Å²) < 4.78 is 11.8. The zero-order chi connectivity index (χ0) is 14.7. The Morgan fingerprint density at radius 3 is 3.19 bits per heavy atom. The second kappa shape index (κ2) is 6.23. The lowest BCUT2D eigenvalue weighted by molar-refractivity contribution is -0.164. The quantitative estimate of drug-likeness (QED) is 0.824. The van der Waals surface area contributed by atoms with Crippen LogP contribution in [-0.2, 0) is 9.53 Å². The molecule has 1 atom stereocenters. The largest absolute Gasteiger partial charge is 0.492 e. The Labute approximate surface area is 129 Å². The number of amides is 1. The minimum absolute atomic E-state index is 0.184. The highest BCUT2D eigenvalue weighted by Crippen LogP contribution is 2.40. The van der Waals surface area contributed by atoms with Gasteiger partial charge in [-0.05, 0) is 24.8 Å². The number of likely N-dealkylation sites (tertiary alicyclic amines) is 1. The maximum Gasteiger partial charge on any atom is 0.232 e. The van der Waals surface area contributed by atoms with Gasteiger partial charge in [0.05, 0.1) is 31.6 Å². The molecule has 114 valence electrons. The standard InChI is InChI=1S/C15H20N2O3S/c1-21-9-14(18)17-10-15(11-17)12(4-6-20-15)8-19-13-3-2-5-16-7-13/h2-3,5,7,12H,4,6,8-11H2,1H3/t12-/m1/s1. The summed E-state index contributed by atoms with van der Waals surface area (Å²) in [6, 6.07) is 3.77. The molecule has 0 radical (unpaired) electrons. The van der Waals surface area contributed by atoms with Crippen molar-refractivity contribution < 1.29 is 14.3 Å². The Bertz CT molecular complexity index is 491. The van der Waals surface area contributed by atoms with E-state index in [0.29, 0.717) is 31.4 Å². The van der Waals surface area contributed by atoms with Crippen molar-refractivity contribution in [2.45, 2.75) is 12.0 Å². The summed E-state index contributed by atoms with van der Waals surface area (Å²) >= 11 is 1.56. The molecule has 6 heteroatoms. The average molecular weight is 308 g/mol. The van der Waals surface area contributed by atoms with Gasteiger partial charge in [-0.15, -0.1) is 0 Å². The lowest BCUT2D eigenvalue weighted by Gasteiger charge is -2.50. The average Bonchev–Trinajstić information content (AvgIpc) is 2.88. The molecule has 2 saturated heterocycles. The molecule has 5 nitrogen and oxygen atoms in total. The van der Waals surface area contributed by atoms with Crippen molar-refractivity contribution in [1.82, 2.24) is 9.88 Å². The van der Waals surface area contributed by atoms with Gasteiger partial charge in [0.1, 0.15) is 11.4 Å². The maximum atomic E-state index is 11.9. The molecule has 3 heterocycles. The molecule has 1 aromatic rings. The zero-order valence-corrected chi connectivity index (χ0v) is 13.0. The van der Waals surface area contributed by atoms with Crippen LogP contribution in [0.3, 0.4) is 0 Å². The van der Waals surface area contributed by atoms with Crippen LogP contribution in [0.5, 0.6) is 5.75 Å². The predicted molar refractivity (Wildman–Crippen MR) is 81.5 cm³/mol. The summed E-state index contributed by atoms with van der Waals surface area (Å²) in [5, 5.41) is 0. The smallest absolute Gasteiger partial charge is 0.232 e. The van der Waals surface area contributed by atoms with Crippen LogP contribution in [0.25, 0.3) is 0 Å². The zero-order valence-electron chi connectivity index (χ0n) is 12.2. The van der Waals surface area contributed by atoms with E-state index >= 15 is 0 Å². The van der Waals surface area contributed by atoms with Crippen LogP contribution in [0.4, 0.5) is 0 Å². The number of carbonyl (C=O) groups excluding carboxylic acids is 1. The summed E-state index contributed by atoms with van der Waals surface area (Å²) in [5.41, 5.74) is -0.184. The van der Waals surface area contributed by atoms with Crippen LogP contribution in [0.1, 0.15) is 6.42 Å². The first kappa shape index (κ1) is 14.7. The number of aromatic nitrogens is 1. The van der Waals surface area contributed by atoms with Crippen molar-refractivity contribution in [2.24, 2.45) is 5.92 Å². The minimum atomic E-state index is -0.184. The first-order valence-corrected chi connectivity index (χ1v) is 8.56. The van der Waals surface area contributed by atoms with E-state index in [9.17, 15) is 4.79 Å². The van der Waals surface area contributed by atoms with Gasteiger partial charge in [0, 0.05) is 18.7 Å². The third kappa shape index (κ3) is 3.01. The molecule has 0 N–H and O–H groups in total. The van der Waals surface area contributed by atoms with Gasteiger partial charge in [0.25, 0.3) is 0 Å². The number of rotatable bonds is 5. The van der Waals surface area contributed by atoms with Gasteiger partial charge >= 0.3 is 0 Å². The Hall–Kier alpha value is -1.27. The molecule has 2 aliphatic rings. The molecular weight excluding hydrogens is 288 g/mol. The highest BCUT2D eigenvalue weighted by Gasteiger charge is 2.54. The summed E-state index contributed by atoms with van der Waals surface area (Å²) in [5.74, 6) is 1.88. The lowest BCUT2D eigenvalue weighted by Crippen LogP contribution is -2.67.